The second-order valence-corrected chi connectivity index (χ2v) is 10.8. The van der Waals surface area contributed by atoms with E-state index in [1.54, 1.807) is 11.3 Å². The average molecular weight is 453 g/mol. The Kier molecular flexibility index (Phi) is 7.10. The van der Waals surface area contributed by atoms with Gasteiger partial charge in [0, 0.05) is 31.1 Å². The molecule has 172 valence electrons. The van der Waals surface area contributed by atoms with Crippen LogP contribution in [0.3, 0.4) is 0 Å². The molecule has 1 aromatic carbocycles. The third kappa shape index (κ3) is 5.53. The lowest BCUT2D eigenvalue weighted by atomic mass is 9.75. The molecule has 4 aliphatic rings. The second-order valence-electron chi connectivity index (χ2n) is 9.97. The lowest BCUT2D eigenvalue weighted by Gasteiger charge is -2.51. The maximum atomic E-state index is 12.2. The zero-order valence-electron chi connectivity index (χ0n) is 18.9. The number of carbonyl (C=O) groups excluding carboxylic acids is 1. The molecule has 4 atom stereocenters. The lowest BCUT2D eigenvalue weighted by molar-refractivity contribution is -0.0145. The second kappa shape index (κ2) is 10.4. The van der Waals surface area contributed by atoms with Gasteiger partial charge >= 0.3 is 6.03 Å². The minimum atomic E-state index is -0.0824. The predicted molar refractivity (Wildman–Crippen MR) is 132 cm³/mol. The number of carbonyl (C=O) groups is 1. The van der Waals surface area contributed by atoms with Gasteiger partial charge in [0.15, 0.2) is 0 Å². The maximum Gasteiger partial charge on any atom is 0.319 e. The highest BCUT2D eigenvalue weighted by molar-refractivity contribution is 7.08. The molecule has 5 nitrogen and oxygen atoms in total. The molecule has 0 aliphatic carbocycles. The monoisotopic (exact) mass is 452 g/mol. The number of thiophene rings is 1. The number of hydrogen-bond donors (Lipinski definition) is 2. The van der Waals surface area contributed by atoms with Crippen molar-refractivity contribution in [1.29, 1.82) is 0 Å². The van der Waals surface area contributed by atoms with E-state index in [-0.39, 0.29) is 6.03 Å². The number of benzene rings is 1. The van der Waals surface area contributed by atoms with Crippen LogP contribution >= 0.6 is 11.3 Å². The van der Waals surface area contributed by atoms with Gasteiger partial charge in [0.2, 0.25) is 0 Å². The Balaban J connectivity index is 1.04. The predicted octanol–water partition coefficient (Wildman–Crippen LogP) is 4.53. The zero-order valence-corrected chi connectivity index (χ0v) is 19.7. The molecule has 1 unspecified atom stereocenters. The fourth-order valence-electron chi connectivity index (χ4n) is 6.04. The van der Waals surface area contributed by atoms with Gasteiger partial charge in [-0.25, -0.2) is 4.79 Å². The van der Waals surface area contributed by atoms with Crippen molar-refractivity contribution in [2.24, 2.45) is 17.8 Å². The minimum absolute atomic E-state index is 0.0824. The van der Waals surface area contributed by atoms with Crippen LogP contribution in [-0.4, -0.2) is 61.1 Å². The van der Waals surface area contributed by atoms with Crippen LogP contribution in [0.5, 0.6) is 0 Å². The van der Waals surface area contributed by atoms with Gasteiger partial charge in [0.25, 0.3) is 0 Å². The zero-order chi connectivity index (χ0) is 21.8. The molecule has 2 bridgehead atoms. The normalized spacial score (nSPS) is 28.5. The first-order chi connectivity index (χ1) is 15.7. The number of fused-ring (bicyclic) bond motifs is 3. The van der Waals surface area contributed by atoms with Gasteiger partial charge in [-0.3, -0.25) is 4.90 Å². The standard InChI is InChI=1S/C26H36N4OS/c31-26(28-24-9-13-32-19-24)27-16-25-15-22-8-12-30(25)18-23(22)17-29-10-6-21(7-11-29)14-20-4-2-1-3-5-20/h1-5,9,13,19,21-23,25H,6-8,10-12,14-18H2,(H2,27,28,31)/t22-,23+,25+/m0/s1. The number of likely N-dealkylation sites (tertiary alicyclic amines) is 1. The first-order valence-corrected chi connectivity index (χ1v) is 13.2. The van der Waals surface area contributed by atoms with E-state index in [9.17, 15) is 4.79 Å². The minimum Gasteiger partial charge on any atom is -0.336 e. The highest BCUT2D eigenvalue weighted by atomic mass is 32.1. The molecule has 4 saturated heterocycles. The Bertz CT molecular complexity index is 850. The Morgan fingerprint density at radius 3 is 2.62 bits per heavy atom. The highest BCUT2D eigenvalue weighted by Gasteiger charge is 2.40. The molecule has 0 radical (unpaired) electrons. The molecule has 2 amide bonds. The average Bonchev–Trinajstić information content (AvgIpc) is 3.33. The van der Waals surface area contributed by atoms with Gasteiger partial charge in [-0.05, 0) is 86.5 Å². The van der Waals surface area contributed by atoms with E-state index >= 15 is 0 Å². The highest BCUT2D eigenvalue weighted by Crippen LogP contribution is 2.37. The number of rotatable bonds is 7. The van der Waals surface area contributed by atoms with E-state index in [0.717, 1.165) is 30.0 Å². The molecule has 6 rings (SSSR count). The molecule has 32 heavy (non-hydrogen) atoms. The molecule has 0 saturated carbocycles. The molecule has 2 aromatic rings. The fraction of sp³-hybridized carbons (Fsp3) is 0.577. The summed E-state index contributed by atoms with van der Waals surface area (Å²) >= 11 is 1.60. The van der Waals surface area contributed by atoms with E-state index in [0.29, 0.717) is 6.04 Å². The summed E-state index contributed by atoms with van der Waals surface area (Å²) in [7, 11) is 0. The quantitative estimate of drug-likeness (QED) is 0.649. The lowest BCUT2D eigenvalue weighted by Crippen LogP contribution is -2.59. The molecular formula is C26H36N4OS. The summed E-state index contributed by atoms with van der Waals surface area (Å²) in [6, 6.07) is 13.3. The topological polar surface area (TPSA) is 47.6 Å². The van der Waals surface area contributed by atoms with Crippen molar-refractivity contribution in [3.05, 3.63) is 52.7 Å². The van der Waals surface area contributed by atoms with Gasteiger partial charge in [0.1, 0.15) is 0 Å². The number of anilines is 1. The van der Waals surface area contributed by atoms with Crippen molar-refractivity contribution in [3.8, 4) is 0 Å². The third-order valence-corrected chi connectivity index (χ3v) is 8.54. The first kappa shape index (κ1) is 21.9. The summed E-state index contributed by atoms with van der Waals surface area (Å²) in [4.78, 5) is 17.6. The van der Waals surface area contributed by atoms with Crippen LogP contribution in [-0.2, 0) is 6.42 Å². The van der Waals surface area contributed by atoms with Crippen molar-refractivity contribution in [2.75, 3.05) is 44.6 Å². The summed E-state index contributed by atoms with van der Waals surface area (Å²) in [5, 5.41) is 9.96. The van der Waals surface area contributed by atoms with Gasteiger partial charge < -0.3 is 15.5 Å². The van der Waals surface area contributed by atoms with Crippen LogP contribution in [0, 0.1) is 17.8 Å². The number of nitrogens with one attached hydrogen (secondary N) is 2. The molecule has 1 aromatic heterocycles. The van der Waals surface area contributed by atoms with Crippen molar-refractivity contribution in [3.63, 3.8) is 0 Å². The van der Waals surface area contributed by atoms with Crippen molar-refractivity contribution in [2.45, 2.75) is 38.1 Å². The van der Waals surface area contributed by atoms with Crippen LogP contribution in [0.1, 0.15) is 31.2 Å². The molecule has 5 heterocycles. The van der Waals surface area contributed by atoms with Crippen LogP contribution < -0.4 is 10.6 Å². The van der Waals surface area contributed by atoms with E-state index < -0.39 is 0 Å². The van der Waals surface area contributed by atoms with Gasteiger partial charge in [-0.1, -0.05) is 30.3 Å². The van der Waals surface area contributed by atoms with Gasteiger partial charge in [-0.15, -0.1) is 0 Å². The Hall–Kier alpha value is -1.89. The largest absolute Gasteiger partial charge is 0.336 e. The van der Waals surface area contributed by atoms with Crippen molar-refractivity contribution in [1.82, 2.24) is 15.1 Å². The molecule has 0 spiro atoms. The summed E-state index contributed by atoms with van der Waals surface area (Å²) in [6.45, 7) is 6.93. The van der Waals surface area contributed by atoms with Crippen molar-refractivity contribution < 1.29 is 4.79 Å². The summed E-state index contributed by atoms with van der Waals surface area (Å²) in [5.74, 6) is 2.45. The SMILES string of the molecule is O=C(NC[C@H]1C[C@@H]2CCN1C[C@H]2CN1CCC(Cc2ccccc2)CC1)Nc1ccsc1. The fourth-order valence-corrected chi connectivity index (χ4v) is 6.63. The van der Waals surface area contributed by atoms with E-state index in [1.165, 1.54) is 70.4 Å². The molecule has 4 fully saturated rings. The van der Waals surface area contributed by atoms with Crippen molar-refractivity contribution >= 4 is 23.1 Å². The van der Waals surface area contributed by atoms with Crippen LogP contribution in [0.4, 0.5) is 10.5 Å². The number of nitrogens with zero attached hydrogens (tertiary/aromatic N) is 2. The maximum absolute atomic E-state index is 12.2. The third-order valence-electron chi connectivity index (χ3n) is 7.86. The van der Waals surface area contributed by atoms with Gasteiger partial charge in [-0.2, -0.15) is 11.3 Å². The number of piperidine rings is 4. The summed E-state index contributed by atoms with van der Waals surface area (Å²) < 4.78 is 0. The first-order valence-electron chi connectivity index (χ1n) is 12.3. The van der Waals surface area contributed by atoms with Crippen LogP contribution in [0.25, 0.3) is 0 Å². The van der Waals surface area contributed by atoms with Crippen LogP contribution in [0.15, 0.2) is 47.2 Å². The molecule has 6 heteroatoms. The molecule has 4 aliphatic heterocycles. The van der Waals surface area contributed by atoms with E-state index in [1.807, 2.05) is 16.8 Å². The Labute approximate surface area is 196 Å². The van der Waals surface area contributed by atoms with E-state index in [4.69, 9.17) is 0 Å². The number of hydrogen-bond acceptors (Lipinski definition) is 4. The molecule has 2 N–H and O–H groups in total. The van der Waals surface area contributed by atoms with E-state index in [2.05, 4.69) is 50.8 Å². The Morgan fingerprint density at radius 1 is 1.06 bits per heavy atom. The Morgan fingerprint density at radius 2 is 1.91 bits per heavy atom. The summed E-state index contributed by atoms with van der Waals surface area (Å²) in [6.07, 6.45) is 6.47. The smallest absolute Gasteiger partial charge is 0.319 e. The number of urea groups is 1. The van der Waals surface area contributed by atoms with Crippen LogP contribution in [0.2, 0.25) is 0 Å². The van der Waals surface area contributed by atoms with Gasteiger partial charge in [0.05, 0.1) is 5.69 Å². The molecular weight excluding hydrogens is 416 g/mol. The summed E-state index contributed by atoms with van der Waals surface area (Å²) in [5.41, 5.74) is 2.37. The number of amides is 2.